The molecule has 23 heavy (non-hydrogen) atoms. The van der Waals surface area contributed by atoms with Gasteiger partial charge in [-0.1, -0.05) is 25.0 Å². The van der Waals surface area contributed by atoms with Gasteiger partial charge >= 0.3 is 0 Å². The molecule has 1 aliphatic heterocycles. The Morgan fingerprint density at radius 3 is 2.70 bits per heavy atom. The lowest BCUT2D eigenvalue weighted by Crippen LogP contribution is -2.53. The number of nitrogens with zero attached hydrogens (tertiary/aromatic N) is 1. The van der Waals surface area contributed by atoms with Crippen molar-refractivity contribution in [3.05, 3.63) is 29.8 Å². The van der Waals surface area contributed by atoms with Gasteiger partial charge in [0.15, 0.2) is 0 Å². The molecule has 5 heteroatoms. The average Bonchev–Trinajstić information content (AvgIpc) is 3.05. The maximum absolute atomic E-state index is 12.6. The minimum absolute atomic E-state index is 0.00243. The molecular formula is C18H26N2O3. The second-order valence-corrected chi connectivity index (χ2v) is 6.61. The molecule has 2 fully saturated rings. The van der Waals surface area contributed by atoms with Crippen LogP contribution >= 0.6 is 0 Å². The van der Waals surface area contributed by atoms with E-state index in [9.17, 15) is 9.90 Å². The van der Waals surface area contributed by atoms with E-state index in [1.165, 1.54) is 12.8 Å². The molecule has 126 valence electrons. The van der Waals surface area contributed by atoms with E-state index in [1.807, 2.05) is 24.3 Å². The van der Waals surface area contributed by atoms with Crippen LogP contribution in [0.4, 0.5) is 5.69 Å². The molecule has 2 aliphatic rings. The number of ether oxygens (including phenoxy) is 1. The monoisotopic (exact) mass is 318 g/mol. The van der Waals surface area contributed by atoms with E-state index in [-0.39, 0.29) is 18.1 Å². The molecule has 0 unspecified atom stereocenters. The van der Waals surface area contributed by atoms with Crippen molar-refractivity contribution in [2.45, 2.75) is 44.2 Å². The number of carbonyl (C=O) groups excluding carboxylic acids is 1. The van der Waals surface area contributed by atoms with Gasteiger partial charge in [-0.3, -0.25) is 9.69 Å². The molecule has 0 atom stereocenters. The predicted molar refractivity (Wildman–Crippen MR) is 89.2 cm³/mol. The second-order valence-electron chi connectivity index (χ2n) is 6.61. The fourth-order valence-electron chi connectivity index (χ4n) is 3.93. The Morgan fingerprint density at radius 2 is 2.00 bits per heavy atom. The Kier molecular flexibility index (Phi) is 5.30. The quantitative estimate of drug-likeness (QED) is 0.873. The molecule has 1 heterocycles. The number of anilines is 1. The first-order chi connectivity index (χ1) is 11.2. The minimum Gasteiger partial charge on any atom is -0.392 e. The Bertz CT molecular complexity index is 535. The van der Waals surface area contributed by atoms with Gasteiger partial charge in [0.25, 0.3) is 0 Å². The van der Waals surface area contributed by atoms with Gasteiger partial charge in [0.2, 0.25) is 5.91 Å². The number of nitrogens with one attached hydrogen (secondary N) is 1. The Hall–Kier alpha value is -1.43. The van der Waals surface area contributed by atoms with Crippen molar-refractivity contribution in [3.8, 4) is 0 Å². The van der Waals surface area contributed by atoms with E-state index < -0.39 is 0 Å². The maximum Gasteiger partial charge on any atom is 0.226 e. The lowest BCUT2D eigenvalue weighted by atomic mass is 9.90. The number of amides is 1. The standard InChI is InChI=1S/C18H26N2O3/c21-14-15-4-3-5-16(12-15)19-17(22)13-18(6-1-2-7-18)20-8-10-23-11-9-20/h3-5,12,21H,1-2,6-11,13-14H2,(H,19,22). The van der Waals surface area contributed by atoms with Crippen molar-refractivity contribution < 1.29 is 14.6 Å². The maximum atomic E-state index is 12.6. The summed E-state index contributed by atoms with van der Waals surface area (Å²) in [5, 5.41) is 12.2. The van der Waals surface area contributed by atoms with Crippen LogP contribution in [0.3, 0.4) is 0 Å². The molecule has 1 aromatic carbocycles. The van der Waals surface area contributed by atoms with Gasteiger partial charge in [0, 0.05) is 30.7 Å². The average molecular weight is 318 g/mol. The SMILES string of the molecule is O=C(CC1(N2CCOCC2)CCCC1)Nc1cccc(CO)c1. The first-order valence-corrected chi connectivity index (χ1v) is 8.54. The van der Waals surface area contributed by atoms with Crippen LogP contribution in [-0.2, 0) is 16.1 Å². The van der Waals surface area contributed by atoms with E-state index >= 15 is 0 Å². The number of morpholine rings is 1. The van der Waals surface area contributed by atoms with Crippen LogP contribution < -0.4 is 5.32 Å². The van der Waals surface area contributed by atoms with Crippen molar-refractivity contribution in [1.82, 2.24) is 4.90 Å². The molecule has 0 aromatic heterocycles. The predicted octanol–water partition coefficient (Wildman–Crippen LogP) is 2.15. The van der Waals surface area contributed by atoms with Crippen LogP contribution in [-0.4, -0.2) is 47.8 Å². The van der Waals surface area contributed by atoms with Gasteiger partial charge in [0.05, 0.1) is 19.8 Å². The van der Waals surface area contributed by atoms with E-state index in [0.29, 0.717) is 6.42 Å². The van der Waals surface area contributed by atoms with Crippen LogP contribution in [0.5, 0.6) is 0 Å². The summed E-state index contributed by atoms with van der Waals surface area (Å²) in [5.41, 5.74) is 1.57. The Labute approximate surface area is 137 Å². The number of hydrogen-bond donors (Lipinski definition) is 2. The lowest BCUT2D eigenvalue weighted by Gasteiger charge is -2.43. The normalized spacial score (nSPS) is 21.3. The molecule has 1 aliphatic carbocycles. The summed E-state index contributed by atoms with van der Waals surface area (Å²) in [6.07, 6.45) is 5.12. The summed E-state index contributed by atoms with van der Waals surface area (Å²) < 4.78 is 5.46. The Balaban J connectivity index is 1.66. The number of rotatable bonds is 5. The van der Waals surface area contributed by atoms with Crippen LogP contribution in [0.15, 0.2) is 24.3 Å². The van der Waals surface area contributed by atoms with Crippen molar-refractivity contribution in [1.29, 1.82) is 0 Å². The van der Waals surface area contributed by atoms with E-state index in [4.69, 9.17) is 4.74 Å². The number of benzene rings is 1. The van der Waals surface area contributed by atoms with Crippen LogP contribution in [0.2, 0.25) is 0 Å². The summed E-state index contributed by atoms with van der Waals surface area (Å²) >= 11 is 0. The summed E-state index contributed by atoms with van der Waals surface area (Å²) in [4.78, 5) is 15.0. The summed E-state index contributed by atoms with van der Waals surface area (Å²) in [6, 6.07) is 7.40. The first kappa shape index (κ1) is 16.4. The van der Waals surface area contributed by atoms with Crippen LogP contribution in [0.1, 0.15) is 37.7 Å². The molecule has 5 nitrogen and oxygen atoms in total. The summed E-state index contributed by atoms with van der Waals surface area (Å²) in [6.45, 7) is 3.37. The van der Waals surface area contributed by atoms with Crippen molar-refractivity contribution in [3.63, 3.8) is 0 Å². The van der Waals surface area contributed by atoms with Gasteiger partial charge < -0.3 is 15.2 Å². The third-order valence-electron chi connectivity index (χ3n) is 5.10. The highest BCUT2D eigenvalue weighted by Crippen LogP contribution is 2.38. The largest absolute Gasteiger partial charge is 0.392 e. The van der Waals surface area contributed by atoms with Gasteiger partial charge in [-0.25, -0.2) is 0 Å². The van der Waals surface area contributed by atoms with Crippen molar-refractivity contribution >= 4 is 11.6 Å². The molecule has 1 saturated carbocycles. The van der Waals surface area contributed by atoms with Gasteiger partial charge in [-0.2, -0.15) is 0 Å². The number of hydrogen-bond acceptors (Lipinski definition) is 4. The molecular weight excluding hydrogens is 292 g/mol. The zero-order chi connectivity index (χ0) is 16.1. The molecule has 3 rings (SSSR count). The number of aliphatic hydroxyl groups excluding tert-OH is 1. The molecule has 1 saturated heterocycles. The molecule has 0 radical (unpaired) electrons. The van der Waals surface area contributed by atoms with Gasteiger partial charge in [0.1, 0.15) is 0 Å². The number of carbonyl (C=O) groups is 1. The van der Waals surface area contributed by atoms with Gasteiger partial charge in [-0.15, -0.1) is 0 Å². The van der Waals surface area contributed by atoms with Crippen molar-refractivity contribution in [2.75, 3.05) is 31.6 Å². The third kappa shape index (κ3) is 3.91. The fourth-order valence-corrected chi connectivity index (χ4v) is 3.93. The second kappa shape index (κ2) is 7.43. The van der Waals surface area contributed by atoms with E-state index in [1.54, 1.807) is 0 Å². The molecule has 2 N–H and O–H groups in total. The zero-order valence-electron chi connectivity index (χ0n) is 13.6. The van der Waals surface area contributed by atoms with E-state index in [2.05, 4.69) is 10.2 Å². The van der Waals surface area contributed by atoms with Crippen molar-refractivity contribution in [2.24, 2.45) is 0 Å². The zero-order valence-corrected chi connectivity index (χ0v) is 13.6. The highest BCUT2D eigenvalue weighted by molar-refractivity contribution is 5.91. The van der Waals surface area contributed by atoms with E-state index in [0.717, 1.165) is 50.4 Å². The molecule has 1 aromatic rings. The first-order valence-electron chi connectivity index (χ1n) is 8.54. The fraction of sp³-hybridized carbons (Fsp3) is 0.611. The highest BCUT2D eigenvalue weighted by Gasteiger charge is 2.41. The lowest BCUT2D eigenvalue weighted by molar-refractivity contribution is -0.120. The summed E-state index contributed by atoms with van der Waals surface area (Å²) in [7, 11) is 0. The third-order valence-corrected chi connectivity index (χ3v) is 5.10. The Morgan fingerprint density at radius 1 is 1.26 bits per heavy atom. The number of aliphatic hydroxyl groups is 1. The minimum atomic E-state index is -0.0125. The smallest absolute Gasteiger partial charge is 0.226 e. The highest BCUT2D eigenvalue weighted by atomic mass is 16.5. The molecule has 0 spiro atoms. The molecule has 1 amide bonds. The van der Waals surface area contributed by atoms with Crippen LogP contribution in [0.25, 0.3) is 0 Å². The molecule has 0 bridgehead atoms. The van der Waals surface area contributed by atoms with Gasteiger partial charge in [-0.05, 0) is 30.5 Å². The topological polar surface area (TPSA) is 61.8 Å². The van der Waals surface area contributed by atoms with Crippen LogP contribution in [0, 0.1) is 0 Å². The summed E-state index contributed by atoms with van der Waals surface area (Å²) in [5.74, 6) is 0.0634.